The first-order chi connectivity index (χ1) is 11.6. The topological polar surface area (TPSA) is 56.5 Å². The predicted octanol–water partition coefficient (Wildman–Crippen LogP) is 4.14. The summed E-state index contributed by atoms with van der Waals surface area (Å²) in [4.78, 5) is 16.4. The molecule has 0 saturated heterocycles. The zero-order valence-electron chi connectivity index (χ0n) is 14.1. The minimum atomic E-state index is 0.00113. The molecular weight excluding hydrogens is 326 g/mol. The number of nitrogens with zero attached hydrogens (tertiary/aromatic N) is 3. The molecule has 0 amide bonds. The molecule has 0 aliphatic heterocycles. The fourth-order valence-electron chi connectivity index (χ4n) is 3.35. The summed E-state index contributed by atoms with van der Waals surface area (Å²) < 4.78 is 7.21. The van der Waals surface area contributed by atoms with Gasteiger partial charge in [-0.15, -0.1) is 0 Å². The Kier molecular flexibility index (Phi) is 5.72. The van der Waals surface area contributed by atoms with Crippen molar-refractivity contribution in [3.05, 3.63) is 28.8 Å². The van der Waals surface area contributed by atoms with Crippen LogP contribution < -0.4 is 0 Å². The summed E-state index contributed by atoms with van der Waals surface area (Å²) in [5, 5.41) is 4.80. The Morgan fingerprint density at radius 2 is 2.08 bits per heavy atom. The van der Waals surface area contributed by atoms with Gasteiger partial charge in [-0.2, -0.15) is 5.10 Å². The lowest BCUT2D eigenvalue weighted by Crippen LogP contribution is -2.15. The maximum Gasteiger partial charge on any atom is 0.308 e. The van der Waals surface area contributed by atoms with E-state index in [2.05, 4.69) is 10.1 Å². The van der Waals surface area contributed by atoms with E-state index in [4.69, 9.17) is 16.3 Å². The summed E-state index contributed by atoms with van der Waals surface area (Å²) in [5.74, 6) is 1.09. The first kappa shape index (κ1) is 17.2. The fraction of sp³-hybridized carbons (Fsp3) is 0.611. The van der Waals surface area contributed by atoms with Crippen molar-refractivity contribution in [1.82, 2.24) is 14.6 Å². The molecule has 0 unspecified atom stereocenters. The number of carbonyl (C=O) groups is 1. The number of aryl methyl sites for hydroxylation is 2. The van der Waals surface area contributed by atoms with Gasteiger partial charge in [0.15, 0.2) is 0 Å². The van der Waals surface area contributed by atoms with Gasteiger partial charge < -0.3 is 4.74 Å². The maximum atomic E-state index is 11.8. The molecule has 1 saturated carbocycles. The number of carbonyl (C=O) groups excluding carboxylic acids is 1. The molecule has 24 heavy (non-hydrogen) atoms. The highest BCUT2D eigenvalue weighted by Crippen LogP contribution is 2.25. The molecule has 5 nitrogen and oxygen atoms in total. The van der Waals surface area contributed by atoms with E-state index in [1.807, 2.05) is 17.5 Å². The number of ether oxygens (including phenoxy) is 1. The predicted molar refractivity (Wildman–Crippen MR) is 93.2 cm³/mol. The number of rotatable bonds is 7. The minimum absolute atomic E-state index is 0.00113. The molecule has 3 rings (SSSR count). The van der Waals surface area contributed by atoms with Crippen LogP contribution in [0.3, 0.4) is 0 Å². The van der Waals surface area contributed by atoms with E-state index in [0.29, 0.717) is 11.8 Å². The monoisotopic (exact) mass is 349 g/mol. The van der Waals surface area contributed by atoms with Crippen LogP contribution in [0.1, 0.15) is 56.5 Å². The highest BCUT2D eigenvalue weighted by Gasteiger charge is 2.23. The van der Waals surface area contributed by atoms with Gasteiger partial charge in [-0.3, -0.25) is 4.79 Å². The van der Waals surface area contributed by atoms with Crippen molar-refractivity contribution in [2.45, 2.75) is 58.3 Å². The van der Waals surface area contributed by atoms with Crippen LogP contribution in [0.4, 0.5) is 0 Å². The van der Waals surface area contributed by atoms with Crippen molar-refractivity contribution in [2.24, 2.45) is 5.92 Å². The van der Waals surface area contributed by atoms with Crippen molar-refractivity contribution >= 4 is 23.1 Å². The zero-order chi connectivity index (χ0) is 16.9. The average molecular weight is 350 g/mol. The lowest BCUT2D eigenvalue weighted by molar-refractivity contribution is -0.148. The van der Waals surface area contributed by atoms with Crippen molar-refractivity contribution in [3.8, 4) is 0 Å². The standard InChI is InChI=1S/C18H24ClN3O2/c1-13-15-10-11-16(19)21-22(15)17(20-13)9-3-2-6-12-24-18(23)14-7-4-5-8-14/h10-11,14H,2-9,12H2,1H3. The van der Waals surface area contributed by atoms with E-state index in [0.717, 1.165) is 68.4 Å². The molecule has 2 heterocycles. The number of halogens is 1. The van der Waals surface area contributed by atoms with Gasteiger partial charge in [-0.25, -0.2) is 9.50 Å². The molecule has 0 bridgehead atoms. The van der Waals surface area contributed by atoms with Crippen LogP contribution in [0, 0.1) is 12.8 Å². The molecule has 2 aromatic rings. The van der Waals surface area contributed by atoms with Gasteiger partial charge in [0.1, 0.15) is 11.0 Å². The lowest BCUT2D eigenvalue weighted by Gasteiger charge is -2.09. The third-order valence-electron chi connectivity index (χ3n) is 4.69. The van der Waals surface area contributed by atoms with Crippen LogP contribution in [0.15, 0.2) is 12.1 Å². The van der Waals surface area contributed by atoms with Gasteiger partial charge in [0.25, 0.3) is 0 Å². The Bertz CT molecular complexity index is 708. The zero-order valence-corrected chi connectivity index (χ0v) is 14.9. The van der Waals surface area contributed by atoms with Gasteiger partial charge in [0, 0.05) is 6.42 Å². The van der Waals surface area contributed by atoms with Crippen LogP contribution >= 0.6 is 11.6 Å². The first-order valence-electron chi connectivity index (χ1n) is 8.82. The fourth-order valence-corrected chi connectivity index (χ4v) is 3.48. The third-order valence-corrected chi connectivity index (χ3v) is 4.89. The van der Waals surface area contributed by atoms with E-state index >= 15 is 0 Å². The first-order valence-corrected chi connectivity index (χ1v) is 9.20. The molecule has 0 radical (unpaired) electrons. The van der Waals surface area contributed by atoms with Gasteiger partial charge in [0.05, 0.1) is 23.7 Å². The molecule has 0 spiro atoms. The Morgan fingerprint density at radius 1 is 1.29 bits per heavy atom. The largest absolute Gasteiger partial charge is 0.465 e. The summed E-state index contributed by atoms with van der Waals surface area (Å²) in [6, 6.07) is 3.73. The summed E-state index contributed by atoms with van der Waals surface area (Å²) in [6.45, 7) is 2.51. The second-order valence-electron chi connectivity index (χ2n) is 6.53. The highest BCUT2D eigenvalue weighted by molar-refractivity contribution is 6.29. The number of unbranched alkanes of at least 4 members (excludes halogenated alkanes) is 2. The number of aromatic nitrogens is 3. The Morgan fingerprint density at radius 3 is 2.88 bits per heavy atom. The van der Waals surface area contributed by atoms with Crippen LogP contribution in [-0.2, 0) is 16.0 Å². The molecule has 1 aliphatic rings. The second kappa shape index (κ2) is 7.97. The van der Waals surface area contributed by atoms with Crippen LogP contribution in [0.2, 0.25) is 5.15 Å². The summed E-state index contributed by atoms with van der Waals surface area (Å²) in [7, 11) is 0. The van der Waals surface area contributed by atoms with E-state index in [1.54, 1.807) is 6.07 Å². The van der Waals surface area contributed by atoms with Crippen LogP contribution in [-0.4, -0.2) is 27.2 Å². The Balaban J connectivity index is 1.40. The van der Waals surface area contributed by atoms with Gasteiger partial charge >= 0.3 is 5.97 Å². The van der Waals surface area contributed by atoms with Crippen LogP contribution in [0.5, 0.6) is 0 Å². The second-order valence-corrected chi connectivity index (χ2v) is 6.91. The third kappa shape index (κ3) is 4.07. The molecule has 6 heteroatoms. The average Bonchev–Trinajstić information content (AvgIpc) is 3.19. The van der Waals surface area contributed by atoms with Crippen molar-refractivity contribution in [3.63, 3.8) is 0 Å². The minimum Gasteiger partial charge on any atom is -0.465 e. The smallest absolute Gasteiger partial charge is 0.308 e. The summed E-state index contributed by atoms with van der Waals surface area (Å²) >= 11 is 5.98. The van der Waals surface area contributed by atoms with E-state index in [-0.39, 0.29) is 11.9 Å². The van der Waals surface area contributed by atoms with Gasteiger partial charge in [0.2, 0.25) is 0 Å². The Hall–Kier alpha value is -1.62. The molecule has 130 valence electrons. The van der Waals surface area contributed by atoms with Gasteiger partial charge in [-0.05, 0) is 51.2 Å². The summed E-state index contributed by atoms with van der Waals surface area (Å²) in [5.41, 5.74) is 1.97. The number of hydrogen-bond donors (Lipinski definition) is 0. The molecule has 0 aromatic carbocycles. The highest BCUT2D eigenvalue weighted by atomic mass is 35.5. The van der Waals surface area contributed by atoms with Crippen molar-refractivity contribution in [2.75, 3.05) is 6.61 Å². The van der Waals surface area contributed by atoms with Crippen molar-refractivity contribution < 1.29 is 9.53 Å². The molecule has 1 aliphatic carbocycles. The Labute approximate surface area is 147 Å². The number of esters is 1. The molecular formula is C18H24ClN3O2. The van der Waals surface area contributed by atoms with E-state index in [1.165, 1.54) is 0 Å². The quantitative estimate of drug-likeness (QED) is 0.557. The number of fused-ring (bicyclic) bond motifs is 1. The van der Waals surface area contributed by atoms with E-state index in [9.17, 15) is 4.79 Å². The molecule has 0 N–H and O–H groups in total. The molecule has 0 atom stereocenters. The van der Waals surface area contributed by atoms with Crippen molar-refractivity contribution in [1.29, 1.82) is 0 Å². The number of hydrogen-bond acceptors (Lipinski definition) is 4. The normalized spacial score (nSPS) is 15.2. The van der Waals surface area contributed by atoms with Gasteiger partial charge in [-0.1, -0.05) is 24.4 Å². The number of imidazole rings is 1. The summed E-state index contributed by atoms with van der Waals surface area (Å²) in [6.07, 6.45) is 8.07. The lowest BCUT2D eigenvalue weighted by atomic mass is 10.1. The van der Waals surface area contributed by atoms with Crippen LogP contribution in [0.25, 0.3) is 5.52 Å². The SMILES string of the molecule is Cc1nc(CCCCCOC(=O)C2CCCC2)n2nc(Cl)ccc12. The molecule has 2 aromatic heterocycles. The van der Waals surface area contributed by atoms with E-state index < -0.39 is 0 Å². The molecule has 1 fully saturated rings. The maximum absolute atomic E-state index is 11.8.